The molecule has 0 atom stereocenters. The van der Waals surface area contributed by atoms with E-state index in [-0.39, 0.29) is 5.56 Å². The summed E-state index contributed by atoms with van der Waals surface area (Å²) in [5, 5.41) is 6.28. The van der Waals surface area contributed by atoms with E-state index in [4.69, 9.17) is 0 Å². The number of rotatable bonds is 7. The van der Waals surface area contributed by atoms with Crippen LogP contribution in [0.25, 0.3) is 10.6 Å². The zero-order chi connectivity index (χ0) is 16.2. The molecule has 2 aromatic rings. The van der Waals surface area contributed by atoms with E-state index in [1.54, 1.807) is 18.2 Å². The lowest BCUT2D eigenvalue weighted by molar-refractivity contribution is 0.411. The Bertz CT molecular complexity index is 754. The van der Waals surface area contributed by atoms with Gasteiger partial charge in [0, 0.05) is 19.2 Å². The van der Waals surface area contributed by atoms with Crippen LogP contribution in [0.1, 0.15) is 26.7 Å². The number of aromatic nitrogens is 2. The maximum atomic E-state index is 12.7. The van der Waals surface area contributed by atoms with E-state index in [0.29, 0.717) is 27.9 Å². The zero-order valence-electron chi connectivity index (χ0n) is 12.6. The molecule has 0 saturated carbocycles. The van der Waals surface area contributed by atoms with Crippen LogP contribution in [-0.2, 0) is 10.0 Å². The summed E-state index contributed by atoms with van der Waals surface area (Å²) in [7, 11) is -3.47. The predicted molar refractivity (Wildman–Crippen MR) is 87.5 cm³/mol. The largest absolute Gasteiger partial charge is 0.268 e. The monoisotopic (exact) mass is 341 g/mol. The van der Waals surface area contributed by atoms with Crippen molar-refractivity contribution in [1.82, 2.24) is 14.5 Å². The molecule has 0 fully saturated rings. The normalized spacial score (nSPS) is 12.0. The molecule has 0 spiro atoms. The molecule has 0 unspecified atom stereocenters. The van der Waals surface area contributed by atoms with Crippen LogP contribution in [0, 0.1) is 0 Å². The number of aromatic amines is 1. The first-order chi connectivity index (χ1) is 10.5. The van der Waals surface area contributed by atoms with Crippen LogP contribution >= 0.6 is 11.3 Å². The Morgan fingerprint density at radius 1 is 1.14 bits per heavy atom. The zero-order valence-corrected chi connectivity index (χ0v) is 14.2. The summed E-state index contributed by atoms with van der Waals surface area (Å²) in [6.45, 7) is 4.95. The molecule has 8 heteroatoms. The number of nitrogens with one attached hydrogen (secondary N) is 1. The van der Waals surface area contributed by atoms with Gasteiger partial charge in [-0.2, -0.15) is 9.40 Å². The smallest absolute Gasteiger partial charge is 0.264 e. The van der Waals surface area contributed by atoms with Gasteiger partial charge in [0.05, 0.1) is 4.88 Å². The second-order valence-electron chi connectivity index (χ2n) is 4.83. The molecular formula is C14H19N3O3S2. The fraction of sp³-hybridized carbons (Fsp3) is 0.429. The highest BCUT2D eigenvalue weighted by molar-refractivity contribution is 7.91. The summed E-state index contributed by atoms with van der Waals surface area (Å²) < 4.78 is 27.2. The Kier molecular flexibility index (Phi) is 5.49. The quantitative estimate of drug-likeness (QED) is 0.837. The predicted octanol–water partition coefficient (Wildman–Crippen LogP) is 2.31. The molecule has 0 aliphatic carbocycles. The van der Waals surface area contributed by atoms with Gasteiger partial charge in [-0.15, -0.1) is 11.3 Å². The summed E-state index contributed by atoms with van der Waals surface area (Å²) in [5.41, 5.74) is 0.272. The lowest BCUT2D eigenvalue weighted by Crippen LogP contribution is -2.32. The third-order valence-electron chi connectivity index (χ3n) is 3.05. The van der Waals surface area contributed by atoms with Crippen molar-refractivity contribution in [2.24, 2.45) is 0 Å². The van der Waals surface area contributed by atoms with Crippen molar-refractivity contribution in [2.75, 3.05) is 13.1 Å². The van der Waals surface area contributed by atoms with Crippen LogP contribution in [-0.4, -0.2) is 36.0 Å². The van der Waals surface area contributed by atoms with Gasteiger partial charge in [-0.3, -0.25) is 4.79 Å². The molecule has 0 aliphatic heterocycles. The average Bonchev–Trinajstić information content (AvgIpc) is 2.98. The molecule has 0 aromatic carbocycles. The van der Waals surface area contributed by atoms with E-state index in [1.807, 2.05) is 13.8 Å². The van der Waals surface area contributed by atoms with Crippen molar-refractivity contribution in [1.29, 1.82) is 0 Å². The van der Waals surface area contributed by atoms with Crippen molar-refractivity contribution in [3.63, 3.8) is 0 Å². The molecule has 6 nitrogen and oxygen atoms in total. The first kappa shape index (κ1) is 16.9. The fourth-order valence-electron chi connectivity index (χ4n) is 2.06. The summed E-state index contributed by atoms with van der Waals surface area (Å²) in [5.74, 6) is 0. The molecule has 2 aromatic heterocycles. The number of thiophene rings is 1. The fourth-order valence-corrected chi connectivity index (χ4v) is 5.11. The molecular weight excluding hydrogens is 322 g/mol. The molecule has 0 amide bonds. The maximum Gasteiger partial charge on any atom is 0.264 e. The minimum atomic E-state index is -3.47. The maximum absolute atomic E-state index is 12.7. The summed E-state index contributed by atoms with van der Waals surface area (Å²) in [4.78, 5) is 11.7. The van der Waals surface area contributed by atoms with E-state index in [2.05, 4.69) is 10.2 Å². The van der Waals surface area contributed by atoms with Crippen molar-refractivity contribution in [3.8, 4) is 10.6 Å². The Morgan fingerprint density at radius 2 is 1.82 bits per heavy atom. The topological polar surface area (TPSA) is 83.1 Å². The van der Waals surface area contributed by atoms with Gasteiger partial charge in [-0.25, -0.2) is 13.5 Å². The Balaban J connectivity index is 2.33. The van der Waals surface area contributed by atoms with Crippen molar-refractivity contribution >= 4 is 21.4 Å². The van der Waals surface area contributed by atoms with Gasteiger partial charge in [0.15, 0.2) is 0 Å². The molecule has 1 N–H and O–H groups in total. The second kappa shape index (κ2) is 7.17. The lowest BCUT2D eigenvalue weighted by Gasteiger charge is -2.19. The second-order valence-corrected chi connectivity index (χ2v) is 8.08. The molecule has 120 valence electrons. The van der Waals surface area contributed by atoms with Gasteiger partial charge in [-0.1, -0.05) is 13.8 Å². The molecule has 22 heavy (non-hydrogen) atoms. The molecule has 0 aliphatic rings. The van der Waals surface area contributed by atoms with Crippen LogP contribution in [0.15, 0.2) is 33.3 Å². The third-order valence-corrected chi connectivity index (χ3v) is 6.53. The summed E-state index contributed by atoms with van der Waals surface area (Å²) in [6.07, 6.45) is 1.55. The first-order valence-corrected chi connectivity index (χ1v) is 9.40. The molecule has 2 heterocycles. The van der Waals surface area contributed by atoms with Gasteiger partial charge >= 0.3 is 0 Å². The van der Waals surface area contributed by atoms with E-state index in [9.17, 15) is 13.2 Å². The van der Waals surface area contributed by atoms with E-state index in [0.717, 1.165) is 24.2 Å². The van der Waals surface area contributed by atoms with E-state index in [1.165, 1.54) is 10.4 Å². The van der Waals surface area contributed by atoms with E-state index >= 15 is 0 Å². The van der Waals surface area contributed by atoms with Crippen LogP contribution in [0.2, 0.25) is 0 Å². The van der Waals surface area contributed by atoms with Gasteiger partial charge in [0.2, 0.25) is 0 Å². The Morgan fingerprint density at radius 3 is 2.36 bits per heavy atom. The highest BCUT2D eigenvalue weighted by Crippen LogP contribution is 2.30. The van der Waals surface area contributed by atoms with Crippen LogP contribution < -0.4 is 5.56 Å². The number of hydrogen-bond acceptors (Lipinski definition) is 5. The number of H-pyrrole nitrogens is 1. The van der Waals surface area contributed by atoms with Gasteiger partial charge < -0.3 is 0 Å². The van der Waals surface area contributed by atoms with Crippen molar-refractivity contribution < 1.29 is 8.42 Å². The number of sulfonamides is 1. The minimum Gasteiger partial charge on any atom is -0.268 e. The molecule has 0 saturated heterocycles. The van der Waals surface area contributed by atoms with E-state index < -0.39 is 10.0 Å². The SMILES string of the molecule is CCCN(CCC)S(=O)(=O)c1ccc(-c2ccc(=O)[nH]n2)s1. The Labute approximate surface area is 133 Å². The van der Waals surface area contributed by atoms with Crippen molar-refractivity contribution in [3.05, 3.63) is 34.6 Å². The Hall–Kier alpha value is -1.51. The minimum absolute atomic E-state index is 0.287. The molecule has 0 bridgehead atoms. The van der Waals surface area contributed by atoms with Gasteiger partial charge in [0.1, 0.15) is 9.90 Å². The summed E-state index contributed by atoms with van der Waals surface area (Å²) >= 11 is 1.16. The highest BCUT2D eigenvalue weighted by atomic mass is 32.2. The van der Waals surface area contributed by atoms with Gasteiger partial charge in [0.25, 0.3) is 15.6 Å². The average molecular weight is 341 g/mol. The molecule has 0 radical (unpaired) electrons. The number of nitrogens with zero attached hydrogens (tertiary/aromatic N) is 2. The third kappa shape index (κ3) is 3.63. The standard InChI is InChI=1S/C14H19N3O3S2/c1-3-9-17(10-4-2)22(19,20)14-8-6-12(21-14)11-5-7-13(18)16-15-11/h5-8H,3-4,9-10H2,1-2H3,(H,16,18). The summed E-state index contributed by atoms with van der Waals surface area (Å²) in [6, 6.07) is 6.27. The van der Waals surface area contributed by atoms with Crippen LogP contribution in [0.5, 0.6) is 0 Å². The van der Waals surface area contributed by atoms with Gasteiger partial charge in [-0.05, 0) is 31.0 Å². The van der Waals surface area contributed by atoms with Crippen molar-refractivity contribution in [2.45, 2.75) is 30.9 Å². The molecule has 2 rings (SSSR count). The highest BCUT2D eigenvalue weighted by Gasteiger charge is 2.25. The lowest BCUT2D eigenvalue weighted by atomic mass is 10.3. The van der Waals surface area contributed by atoms with Crippen LogP contribution in [0.4, 0.5) is 0 Å². The number of hydrogen-bond donors (Lipinski definition) is 1. The van der Waals surface area contributed by atoms with Crippen LogP contribution in [0.3, 0.4) is 0 Å². The first-order valence-electron chi connectivity index (χ1n) is 7.15.